The summed E-state index contributed by atoms with van der Waals surface area (Å²) in [6.07, 6.45) is 1.43. The number of imide groups is 1. The van der Waals surface area contributed by atoms with Gasteiger partial charge in [-0.15, -0.1) is 0 Å². The molecule has 0 unspecified atom stereocenters. The average molecular weight is 575 g/mol. The fraction of sp³-hybridized carbons (Fsp3) is 0.0435. The van der Waals surface area contributed by atoms with Crippen LogP contribution in [0.1, 0.15) is 32.0 Å². The highest BCUT2D eigenvalue weighted by atomic mass is 127. The van der Waals surface area contributed by atoms with Crippen LogP contribution in [0, 0.1) is 3.57 Å². The number of carboxylic acids is 2. The molecule has 166 valence electrons. The Morgan fingerprint density at radius 2 is 1.61 bits per heavy atom. The Kier molecular flexibility index (Phi) is 6.38. The van der Waals surface area contributed by atoms with Crippen molar-refractivity contribution in [3.63, 3.8) is 0 Å². The van der Waals surface area contributed by atoms with Crippen LogP contribution in [0.5, 0.6) is 0 Å². The standard InChI is InChI=1S/C23H14INO7S/c24-16-3-1-12(2-4-16)11-25-20(26)19(33-23(25)31)10-17-5-6-18(32-17)13-7-14(21(27)28)9-15(8-13)22(29)30/h1-10H,11H2,(H,27,28)(H,29,30)/b19-10-. The molecule has 2 amide bonds. The summed E-state index contributed by atoms with van der Waals surface area (Å²) in [5, 5.41) is 18.1. The minimum atomic E-state index is -1.27. The summed E-state index contributed by atoms with van der Waals surface area (Å²) in [7, 11) is 0. The van der Waals surface area contributed by atoms with Crippen LogP contribution in [-0.4, -0.2) is 38.2 Å². The van der Waals surface area contributed by atoms with Crippen LogP contribution in [-0.2, 0) is 11.3 Å². The van der Waals surface area contributed by atoms with E-state index in [1.54, 1.807) is 6.07 Å². The van der Waals surface area contributed by atoms with E-state index >= 15 is 0 Å². The number of thioether (sulfide) groups is 1. The number of carboxylic acid groups (broad SMARTS) is 2. The first-order chi connectivity index (χ1) is 15.7. The van der Waals surface area contributed by atoms with Gasteiger partial charge in [0.15, 0.2) is 0 Å². The van der Waals surface area contributed by atoms with Crippen molar-refractivity contribution in [3.8, 4) is 11.3 Å². The van der Waals surface area contributed by atoms with E-state index in [1.807, 2.05) is 24.3 Å². The predicted molar refractivity (Wildman–Crippen MR) is 129 cm³/mol. The van der Waals surface area contributed by atoms with Crippen molar-refractivity contribution in [3.05, 3.63) is 85.5 Å². The molecule has 4 rings (SSSR count). The molecule has 8 nitrogen and oxygen atoms in total. The first-order valence-electron chi connectivity index (χ1n) is 9.43. The molecule has 0 bridgehead atoms. The zero-order chi connectivity index (χ0) is 23.7. The Hall–Kier alpha value is -3.38. The smallest absolute Gasteiger partial charge is 0.335 e. The molecule has 10 heteroatoms. The summed E-state index contributed by atoms with van der Waals surface area (Å²) in [5.41, 5.74) is 0.699. The van der Waals surface area contributed by atoms with E-state index in [4.69, 9.17) is 4.42 Å². The molecule has 0 radical (unpaired) electrons. The monoisotopic (exact) mass is 575 g/mol. The van der Waals surface area contributed by atoms with E-state index in [-0.39, 0.29) is 39.7 Å². The highest BCUT2D eigenvalue weighted by Gasteiger charge is 2.35. The second kappa shape index (κ2) is 9.24. The summed E-state index contributed by atoms with van der Waals surface area (Å²) in [6.45, 7) is 0.155. The molecule has 0 spiro atoms. The van der Waals surface area contributed by atoms with E-state index in [1.165, 1.54) is 24.3 Å². The molecule has 0 saturated carbocycles. The van der Waals surface area contributed by atoms with Gasteiger partial charge in [0, 0.05) is 15.2 Å². The molecule has 2 aromatic carbocycles. The molecule has 2 N–H and O–H groups in total. The Morgan fingerprint density at radius 3 is 2.21 bits per heavy atom. The van der Waals surface area contributed by atoms with Crippen molar-refractivity contribution < 1.29 is 33.8 Å². The van der Waals surface area contributed by atoms with Crippen molar-refractivity contribution in [1.29, 1.82) is 0 Å². The maximum absolute atomic E-state index is 12.7. The molecule has 1 saturated heterocycles. The maximum Gasteiger partial charge on any atom is 0.335 e. The Bertz CT molecular complexity index is 1290. The quantitative estimate of drug-likeness (QED) is 0.304. The van der Waals surface area contributed by atoms with Crippen LogP contribution in [0.2, 0.25) is 0 Å². The normalized spacial score (nSPS) is 14.8. The number of hydrogen-bond acceptors (Lipinski definition) is 6. The average Bonchev–Trinajstić information content (AvgIpc) is 3.35. The van der Waals surface area contributed by atoms with Gasteiger partial charge in [-0.3, -0.25) is 14.5 Å². The number of nitrogens with zero attached hydrogens (tertiary/aromatic N) is 1. The number of amides is 2. The number of benzene rings is 2. The van der Waals surface area contributed by atoms with Gasteiger partial charge in [-0.2, -0.15) is 0 Å². The number of halogens is 1. The lowest BCUT2D eigenvalue weighted by Gasteiger charge is -2.12. The molecule has 1 aliphatic rings. The highest BCUT2D eigenvalue weighted by molar-refractivity contribution is 14.1. The minimum absolute atomic E-state index is 0.155. The van der Waals surface area contributed by atoms with Gasteiger partial charge in [0.2, 0.25) is 0 Å². The van der Waals surface area contributed by atoms with Crippen molar-refractivity contribution in [1.82, 2.24) is 4.90 Å². The maximum atomic E-state index is 12.7. The van der Waals surface area contributed by atoms with E-state index in [2.05, 4.69) is 22.6 Å². The minimum Gasteiger partial charge on any atom is -0.478 e. The van der Waals surface area contributed by atoms with E-state index in [0.29, 0.717) is 0 Å². The van der Waals surface area contributed by atoms with Crippen LogP contribution in [0.3, 0.4) is 0 Å². The van der Waals surface area contributed by atoms with Crippen LogP contribution >= 0.6 is 34.4 Å². The fourth-order valence-electron chi connectivity index (χ4n) is 3.14. The van der Waals surface area contributed by atoms with E-state index in [0.717, 1.165) is 31.9 Å². The van der Waals surface area contributed by atoms with Gasteiger partial charge in [-0.25, -0.2) is 9.59 Å². The second-order valence-corrected chi connectivity index (χ2v) is 9.24. The third-order valence-corrected chi connectivity index (χ3v) is 6.37. The zero-order valence-corrected chi connectivity index (χ0v) is 19.6. The lowest BCUT2D eigenvalue weighted by atomic mass is 10.0. The predicted octanol–water partition coefficient (Wildman–Crippen LogP) is 5.18. The first-order valence-corrected chi connectivity index (χ1v) is 11.3. The number of hydrogen-bond donors (Lipinski definition) is 2. The molecule has 1 aliphatic heterocycles. The van der Waals surface area contributed by atoms with Crippen molar-refractivity contribution in [2.24, 2.45) is 0 Å². The van der Waals surface area contributed by atoms with Gasteiger partial charge in [0.25, 0.3) is 11.1 Å². The lowest BCUT2D eigenvalue weighted by Crippen LogP contribution is -2.27. The molecule has 2 heterocycles. The van der Waals surface area contributed by atoms with Crippen molar-refractivity contribution >= 4 is 63.5 Å². The summed E-state index contributed by atoms with van der Waals surface area (Å²) in [6, 6.07) is 14.2. The number of aromatic carboxylic acids is 2. The van der Waals surface area contributed by atoms with Crippen molar-refractivity contribution in [2.45, 2.75) is 6.54 Å². The SMILES string of the molecule is O=C(O)c1cc(C(=O)O)cc(-c2ccc(/C=C3\SC(=O)N(Cc4ccc(I)cc4)C3=O)o2)c1. The molecular formula is C23H14INO7S. The van der Waals surface area contributed by atoms with Gasteiger partial charge >= 0.3 is 11.9 Å². The van der Waals surface area contributed by atoms with Crippen molar-refractivity contribution in [2.75, 3.05) is 0 Å². The summed E-state index contributed by atoms with van der Waals surface area (Å²) in [4.78, 5) is 49.1. The largest absolute Gasteiger partial charge is 0.478 e. The van der Waals surface area contributed by atoms with Crippen LogP contribution in [0.4, 0.5) is 4.79 Å². The van der Waals surface area contributed by atoms with E-state index < -0.39 is 23.1 Å². The Morgan fingerprint density at radius 1 is 0.970 bits per heavy atom. The van der Waals surface area contributed by atoms with Crippen LogP contribution in [0.25, 0.3) is 17.4 Å². The van der Waals surface area contributed by atoms with Gasteiger partial charge < -0.3 is 14.6 Å². The third kappa shape index (κ3) is 5.01. The van der Waals surface area contributed by atoms with Crippen LogP contribution in [0.15, 0.2) is 63.9 Å². The Balaban J connectivity index is 1.58. The van der Waals surface area contributed by atoms with Gasteiger partial charge in [0.1, 0.15) is 11.5 Å². The number of carbonyl (C=O) groups excluding carboxylic acids is 2. The number of furan rings is 1. The van der Waals surface area contributed by atoms with Gasteiger partial charge in [-0.05, 0) is 82.4 Å². The summed E-state index contributed by atoms with van der Waals surface area (Å²) >= 11 is 2.97. The summed E-state index contributed by atoms with van der Waals surface area (Å²) in [5.74, 6) is -2.49. The number of carbonyl (C=O) groups is 4. The number of rotatable bonds is 6. The van der Waals surface area contributed by atoms with Gasteiger partial charge in [0.05, 0.1) is 22.6 Å². The highest BCUT2D eigenvalue weighted by Crippen LogP contribution is 2.34. The first kappa shape index (κ1) is 22.8. The lowest BCUT2D eigenvalue weighted by molar-refractivity contribution is -0.123. The van der Waals surface area contributed by atoms with Gasteiger partial charge in [-0.1, -0.05) is 12.1 Å². The Labute approximate surface area is 205 Å². The summed E-state index contributed by atoms with van der Waals surface area (Å²) < 4.78 is 6.74. The fourth-order valence-corrected chi connectivity index (χ4v) is 4.32. The molecule has 1 aromatic heterocycles. The molecule has 33 heavy (non-hydrogen) atoms. The molecular weight excluding hydrogens is 561 g/mol. The zero-order valence-electron chi connectivity index (χ0n) is 16.6. The van der Waals surface area contributed by atoms with Crippen LogP contribution < -0.4 is 0 Å². The third-order valence-electron chi connectivity index (χ3n) is 4.74. The van der Waals surface area contributed by atoms with E-state index in [9.17, 15) is 29.4 Å². The molecule has 0 aliphatic carbocycles. The molecule has 3 aromatic rings. The molecule has 0 atom stereocenters. The topological polar surface area (TPSA) is 125 Å². The molecule has 1 fully saturated rings. The second-order valence-electron chi connectivity index (χ2n) is 7.01.